The number of hydrogen-bond donors (Lipinski definition) is 3. The summed E-state index contributed by atoms with van der Waals surface area (Å²) in [6.07, 6.45) is 0. The summed E-state index contributed by atoms with van der Waals surface area (Å²) in [7, 11) is 0. The zero-order valence-electron chi connectivity index (χ0n) is 10.3. The van der Waals surface area contributed by atoms with Gasteiger partial charge in [-0.25, -0.2) is 0 Å². The SMILES string of the molecule is CCNC(=O)c1ccc(NC(=O)C2CNC2)cc1. The Morgan fingerprint density at radius 1 is 1.28 bits per heavy atom. The van der Waals surface area contributed by atoms with Crippen molar-refractivity contribution in [1.29, 1.82) is 0 Å². The minimum atomic E-state index is -0.0985. The number of carbonyl (C=O) groups excluding carboxylic acids is 2. The lowest BCUT2D eigenvalue weighted by atomic mass is 10.0. The van der Waals surface area contributed by atoms with Gasteiger partial charge in [-0.1, -0.05) is 0 Å². The predicted octanol–water partition coefficient (Wildman–Crippen LogP) is 0.594. The van der Waals surface area contributed by atoms with E-state index in [1.807, 2.05) is 6.92 Å². The summed E-state index contributed by atoms with van der Waals surface area (Å²) < 4.78 is 0. The van der Waals surface area contributed by atoms with Gasteiger partial charge in [-0.15, -0.1) is 0 Å². The van der Waals surface area contributed by atoms with Crippen LogP contribution in [-0.4, -0.2) is 31.4 Å². The highest BCUT2D eigenvalue weighted by atomic mass is 16.2. The van der Waals surface area contributed by atoms with E-state index in [4.69, 9.17) is 0 Å². The summed E-state index contributed by atoms with van der Waals surface area (Å²) in [6.45, 7) is 3.96. The van der Waals surface area contributed by atoms with E-state index in [9.17, 15) is 9.59 Å². The van der Waals surface area contributed by atoms with E-state index in [-0.39, 0.29) is 17.7 Å². The summed E-state index contributed by atoms with van der Waals surface area (Å²) in [4.78, 5) is 23.2. The van der Waals surface area contributed by atoms with Crippen LogP contribution in [0.5, 0.6) is 0 Å². The molecule has 1 aliphatic heterocycles. The van der Waals surface area contributed by atoms with Crippen LogP contribution >= 0.6 is 0 Å². The Bertz CT molecular complexity index is 438. The maximum absolute atomic E-state index is 11.7. The van der Waals surface area contributed by atoms with Crippen LogP contribution in [0, 0.1) is 5.92 Å². The van der Waals surface area contributed by atoms with Gasteiger partial charge in [0, 0.05) is 30.9 Å². The van der Waals surface area contributed by atoms with Crippen molar-refractivity contribution in [2.45, 2.75) is 6.92 Å². The molecule has 5 nitrogen and oxygen atoms in total. The fourth-order valence-corrected chi connectivity index (χ4v) is 1.69. The Balaban J connectivity index is 1.94. The second-order valence-electron chi connectivity index (χ2n) is 4.28. The van der Waals surface area contributed by atoms with Crippen molar-refractivity contribution in [3.63, 3.8) is 0 Å². The maximum atomic E-state index is 11.7. The van der Waals surface area contributed by atoms with Crippen molar-refractivity contribution in [2.75, 3.05) is 25.0 Å². The largest absolute Gasteiger partial charge is 0.352 e. The van der Waals surface area contributed by atoms with Gasteiger partial charge in [0.25, 0.3) is 5.91 Å². The van der Waals surface area contributed by atoms with Gasteiger partial charge in [0.15, 0.2) is 0 Å². The van der Waals surface area contributed by atoms with Crippen LogP contribution in [0.3, 0.4) is 0 Å². The third-order valence-electron chi connectivity index (χ3n) is 2.90. The molecule has 2 amide bonds. The Labute approximate surface area is 106 Å². The molecule has 5 heteroatoms. The molecule has 96 valence electrons. The smallest absolute Gasteiger partial charge is 0.251 e. The lowest BCUT2D eigenvalue weighted by Gasteiger charge is -2.25. The second kappa shape index (κ2) is 5.64. The molecule has 0 aliphatic carbocycles. The third-order valence-corrected chi connectivity index (χ3v) is 2.90. The lowest BCUT2D eigenvalue weighted by molar-refractivity contribution is -0.121. The predicted molar refractivity (Wildman–Crippen MR) is 69.4 cm³/mol. The molecule has 1 aromatic rings. The van der Waals surface area contributed by atoms with E-state index in [2.05, 4.69) is 16.0 Å². The van der Waals surface area contributed by atoms with Crippen molar-refractivity contribution in [2.24, 2.45) is 5.92 Å². The minimum Gasteiger partial charge on any atom is -0.352 e. The van der Waals surface area contributed by atoms with E-state index >= 15 is 0 Å². The highest BCUT2D eigenvalue weighted by Crippen LogP contribution is 2.12. The van der Waals surface area contributed by atoms with Gasteiger partial charge < -0.3 is 16.0 Å². The number of carbonyl (C=O) groups is 2. The number of amides is 2. The fraction of sp³-hybridized carbons (Fsp3) is 0.385. The molecule has 1 saturated heterocycles. The molecule has 1 fully saturated rings. The molecule has 0 unspecified atom stereocenters. The van der Waals surface area contributed by atoms with Crippen molar-refractivity contribution >= 4 is 17.5 Å². The quantitative estimate of drug-likeness (QED) is 0.729. The second-order valence-corrected chi connectivity index (χ2v) is 4.28. The van der Waals surface area contributed by atoms with Crippen LogP contribution < -0.4 is 16.0 Å². The highest BCUT2D eigenvalue weighted by molar-refractivity contribution is 5.96. The Kier molecular flexibility index (Phi) is 3.94. The number of nitrogens with one attached hydrogen (secondary N) is 3. The molecule has 3 N–H and O–H groups in total. The van der Waals surface area contributed by atoms with Gasteiger partial charge in [-0.3, -0.25) is 9.59 Å². The first kappa shape index (κ1) is 12.6. The third kappa shape index (κ3) is 2.87. The highest BCUT2D eigenvalue weighted by Gasteiger charge is 2.24. The standard InChI is InChI=1S/C13H17N3O2/c1-2-15-12(17)9-3-5-11(6-4-9)16-13(18)10-7-14-8-10/h3-6,10,14H,2,7-8H2,1H3,(H,15,17)(H,16,18). The monoisotopic (exact) mass is 247 g/mol. The van der Waals surface area contributed by atoms with E-state index < -0.39 is 0 Å². The van der Waals surface area contributed by atoms with Crippen molar-refractivity contribution in [1.82, 2.24) is 10.6 Å². The van der Waals surface area contributed by atoms with Crippen molar-refractivity contribution < 1.29 is 9.59 Å². The van der Waals surface area contributed by atoms with Gasteiger partial charge in [0.1, 0.15) is 0 Å². The van der Waals surface area contributed by atoms with Gasteiger partial charge >= 0.3 is 0 Å². The van der Waals surface area contributed by atoms with Crippen LogP contribution in [0.1, 0.15) is 17.3 Å². The molecule has 1 heterocycles. The zero-order chi connectivity index (χ0) is 13.0. The minimum absolute atomic E-state index is 0.0273. The molecule has 1 aliphatic rings. The molecule has 0 saturated carbocycles. The first-order chi connectivity index (χ1) is 8.70. The summed E-state index contributed by atoms with van der Waals surface area (Å²) in [5, 5.41) is 8.61. The van der Waals surface area contributed by atoms with Gasteiger partial charge in [-0.05, 0) is 31.2 Å². The molecule has 0 aromatic heterocycles. The van der Waals surface area contributed by atoms with Crippen molar-refractivity contribution in [3.05, 3.63) is 29.8 Å². The lowest BCUT2D eigenvalue weighted by Crippen LogP contribution is -2.48. The van der Waals surface area contributed by atoms with Gasteiger partial charge in [-0.2, -0.15) is 0 Å². The topological polar surface area (TPSA) is 70.2 Å². The van der Waals surface area contributed by atoms with Crippen LogP contribution in [-0.2, 0) is 4.79 Å². The van der Waals surface area contributed by atoms with Crippen LogP contribution in [0.25, 0.3) is 0 Å². The van der Waals surface area contributed by atoms with Gasteiger partial charge in [0.05, 0.1) is 5.92 Å². The van der Waals surface area contributed by atoms with E-state index in [1.165, 1.54) is 0 Å². The number of hydrogen-bond acceptors (Lipinski definition) is 3. The molecule has 0 spiro atoms. The summed E-state index contributed by atoms with van der Waals surface area (Å²) in [5.74, 6) is -0.00820. The molecular weight excluding hydrogens is 230 g/mol. The molecular formula is C13H17N3O2. The van der Waals surface area contributed by atoms with Crippen molar-refractivity contribution in [3.8, 4) is 0 Å². The fourth-order valence-electron chi connectivity index (χ4n) is 1.69. The van der Waals surface area contributed by atoms with Crippen LogP contribution in [0.4, 0.5) is 5.69 Å². The van der Waals surface area contributed by atoms with E-state index in [1.54, 1.807) is 24.3 Å². The average Bonchev–Trinajstić information content (AvgIpc) is 2.27. The number of benzene rings is 1. The summed E-state index contributed by atoms with van der Waals surface area (Å²) >= 11 is 0. The first-order valence-electron chi connectivity index (χ1n) is 6.10. The Hall–Kier alpha value is -1.88. The summed E-state index contributed by atoms with van der Waals surface area (Å²) in [6, 6.07) is 6.91. The normalized spacial score (nSPS) is 14.7. The van der Waals surface area contributed by atoms with Crippen LogP contribution in [0.2, 0.25) is 0 Å². The molecule has 18 heavy (non-hydrogen) atoms. The molecule has 1 aromatic carbocycles. The zero-order valence-corrected chi connectivity index (χ0v) is 10.3. The Morgan fingerprint density at radius 3 is 2.44 bits per heavy atom. The average molecular weight is 247 g/mol. The van der Waals surface area contributed by atoms with Gasteiger partial charge in [0.2, 0.25) is 5.91 Å². The van der Waals surface area contributed by atoms with Crippen LogP contribution in [0.15, 0.2) is 24.3 Å². The molecule has 2 rings (SSSR count). The molecule has 0 atom stereocenters. The Morgan fingerprint density at radius 2 is 1.94 bits per heavy atom. The summed E-state index contributed by atoms with van der Waals surface area (Å²) in [5.41, 5.74) is 1.32. The van der Waals surface area contributed by atoms with E-state index in [0.29, 0.717) is 12.1 Å². The number of rotatable bonds is 4. The van der Waals surface area contributed by atoms with E-state index in [0.717, 1.165) is 18.8 Å². The molecule has 0 radical (unpaired) electrons. The molecule has 0 bridgehead atoms. The maximum Gasteiger partial charge on any atom is 0.251 e. The number of anilines is 1. The first-order valence-corrected chi connectivity index (χ1v) is 6.10.